The van der Waals surface area contributed by atoms with E-state index in [2.05, 4.69) is 41.4 Å². The van der Waals surface area contributed by atoms with Crippen LogP contribution >= 0.6 is 0 Å². The maximum Gasteiger partial charge on any atom is 0.255 e. The number of ether oxygens (including phenoxy) is 1. The van der Waals surface area contributed by atoms with Crippen molar-refractivity contribution in [3.8, 4) is 5.75 Å². The van der Waals surface area contributed by atoms with Crippen LogP contribution < -0.4 is 10.1 Å². The van der Waals surface area contributed by atoms with E-state index in [0.29, 0.717) is 17.9 Å². The van der Waals surface area contributed by atoms with Crippen LogP contribution in [0.25, 0.3) is 0 Å². The zero-order valence-corrected chi connectivity index (χ0v) is 16.7. The number of carbonyl (C=O) groups excluding carboxylic acids is 1. The van der Waals surface area contributed by atoms with Crippen molar-refractivity contribution in [2.75, 3.05) is 13.1 Å². The lowest BCUT2D eigenvalue weighted by Gasteiger charge is -2.39. The number of likely N-dealkylation sites (tertiary alicyclic amines) is 1. The average molecular weight is 386 g/mol. The lowest BCUT2D eigenvalue weighted by molar-refractivity contribution is 0.0140. The summed E-state index contributed by atoms with van der Waals surface area (Å²) in [5.41, 5.74) is 4.26. The molecule has 3 aromatic rings. The molecule has 4 nitrogen and oxygen atoms in total. The van der Waals surface area contributed by atoms with E-state index in [4.69, 9.17) is 4.74 Å². The van der Waals surface area contributed by atoms with Gasteiger partial charge in [0.2, 0.25) is 0 Å². The number of rotatable bonds is 7. The highest BCUT2D eigenvalue weighted by Gasteiger charge is 2.29. The number of nitrogens with zero attached hydrogens (tertiary/aromatic N) is 1. The Balaban J connectivity index is 1.31. The van der Waals surface area contributed by atoms with Gasteiger partial charge in [-0.25, -0.2) is 0 Å². The third-order valence-corrected chi connectivity index (χ3v) is 5.13. The minimum absolute atomic E-state index is 0.111. The van der Waals surface area contributed by atoms with Gasteiger partial charge in [-0.3, -0.25) is 9.69 Å². The van der Waals surface area contributed by atoms with Crippen LogP contribution in [0.4, 0.5) is 0 Å². The molecule has 4 rings (SSSR count). The van der Waals surface area contributed by atoms with Crippen molar-refractivity contribution in [2.24, 2.45) is 0 Å². The zero-order valence-electron chi connectivity index (χ0n) is 16.7. The molecule has 0 aromatic heterocycles. The molecule has 0 aliphatic carbocycles. The van der Waals surface area contributed by atoms with E-state index >= 15 is 0 Å². The van der Waals surface area contributed by atoms with E-state index in [0.717, 1.165) is 25.2 Å². The van der Waals surface area contributed by atoms with E-state index < -0.39 is 0 Å². The lowest BCUT2D eigenvalue weighted by Crippen LogP contribution is -2.53. The third-order valence-electron chi connectivity index (χ3n) is 5.13. The second-order valence-electron chi connectivity index (χ2n) is 7.59. The predicted octanol–water partition coefficient (Wildman–Crippen LogP) is 4.19. The molecule has 1 heterocycles. The number of carbonyl (C=O) groups is 1. The highest BCUT2D eigenvalue weighted by Crippen LogP contribution is 2.24. The normalized spacial score (nSPS) is 14.2. The molecule has 148 valence electrons. The van der Waals surface area contributed by atoms with Crippen LogP contribution in [0.15, 0.2) is 78.9 Å². The second-order valence-corrected chi connectivity index (χ2v) is 7.59. The fourth-order valence-electron chi connectivity index (χ4n) is 3.60. The van der Waals surface area contributed by atoms with Gasteiger partial charge in [-0.2, -0.15) is 0 Å². The quantitative estimate of drug-likeness (QED) is 0.662. The maximum absolute atomic E-state index is 12.7. The molecule has 29 heavy (non-hydrogen) atoms. The molecule has 4 heteroatoms. The van der Waals surface area contributed by atoms with Crippen LogP contribution in [0.3, 0.4) is 0 Å². The first kappa shape index (κ1) is 19.2. The second kappa shape index (κ2) is 8.93. The summed E-state index contributed by atoms with van der Waals surface area (Å²) in [5.74, 6) is 0.540. The van der Waals surface area contributed by atoms with E-state index in [1.807, 2.05) is 54.6 Å². The summed E-state index contributed by atoms with van der Waals surface area (Å²) < 4.78 is 6.14. The molecular weight excluding hydrogens is 360 g/mol. The molecule has 0 atom stereocenters. The van der Waals surface area contributed by atoms with Crippen molar-refractivity contribution in [1.29, 1.82) is 0 Å². The molecule has 1 fully saturated rings. The Morgan fingerprint density at radius 1 is 0.966 bits per heavy atom. The Bertz CT molecular complexity index is 965. The van der Waals surface area contributed by atoms with Gasteiger partial charge in [0.15, 0.2) is 0 Å². The van der Waals surface area contributed by atoms with Gasteiger partial charge in [-0.1, -0.05) is 72.3 Å². The third kappa shape index (κ3) is 5.04. The monoisotopic (exact) mass is 386 g/mol. The van der Waals surface area contributed by atoms with Gasteiger partial charge < -0.3 is 10.1 Å². The van der Waals surface area contributed by atoms with E-state index in [-0.39, 0.29) is 12.0 Å². The van der Waals surface area contributed by atoms with Crippen molar-refractivity contribution in [3.63, 3.8) is 0 Å². The van der Waals surface area contributed by atoms with Crippen molar-refractivity contribution in [3.05, 3.63) is 101 Å². The van der Waals surface area contributed by atoms with Crippen molar-refractivity contribution >= 4 is 5.91 Å². The van der Waals surface area contributed by atoms with Crippen LogP contribution in [-0.2, 0) is 13.1 Å². The van der Waals surface area contributed by atoms with Gasteiger partial charge in [0.05, 0.1) is 5.56 Å². The van der Waals surface area contributed by atoms with Crippen LogP contribution in [-0.4, -0.2) is 30.0 Å². The molecule has 0 spiro atoms. The van der Waals surface area contributed by atoms with Crippen molar-refractivity contribution in [1.82, 2.24) is 10.2 Å². The topological polar surface area (TPSA) is 41.6 Å². The van der Waals surface area contributed by atoms with Gasteiger partial charge in [-0.15, -0.1) is 0 Å². The smallest absolute Gasteiger partial charge is 0.255 e. The molecule has 1 N–H and O–H groups in total. The minimum Gasteiger partial charge on any atom is -0.487 e. The Morgan fingerprint density at radius 2 is 1.69 bits per heavy atom. The van der Waals surface area contributed by atoms with Crippen LogP contribution in [0.5, 0.6) is 5.75 Å². The van der Waals surface area contributed by atoms with Crippen LogP contribution in [0.1, 0.15) is 27.0 Å². The number of nitrogens with one attached hydrogen (secondary N) is 1. The molecule has 0 saturated carbocycles. The maximum atomic E-state index is 12.7. The first-order chi connectivity index (χ1) is 14.2. The Kier molecular flexibility index (Phi) is 5.92. The van der Waals surface area contributed by atoms with Gasteiger partial charge >= 0.3 is 0 Å². The zero-order chi connectivity index (χ0) is 20.1. The molecule has 1 aliphatic rings. The van der Waals surface area contributed by atoms with Crippen molar-refractivity contribution < 1.29 is 9.53 Å². The van der Waals surface area contributed by atoms with Crippen LogP contribution in [0, 0.1) is 6.92 Å². The Hall–Kier alpha value is -3.11. The van der Waals surface area contributed by atoms with E-state index in [1.165, 1.54) is 11.1 Å². The number of aryl methyl sites for hydroxylation is 1. The molecule has 0 unspecified atom stereocenters. The Labute approximate surface area is 172 Å². The highest BCUT2D eigenvalue weighted by atomic mass is 16.5. The predicted molar refractivity (Wildman–Crippen MR) is 115 cm³/mol. The highest BCUT2D eigenvalue weighted by molar-refractivity contribution is 5.96. The fourth-order valence-corrected chi connectivity index (χ4v) is 3.60. The Morgan fingerprint density at radius 3 is 2.48 bits per heavy atom. The average Bonchev–Trinajstić information content (AvgIpc) is 2.71. The number of benzene rings is 3. The molecule has 1 aliphatic heterocycles. The number of amides is 1. The summed E-state index contributed by atoms with van der Waals surface area (Å²) in [6.07, 6.45) is 0.114. The summed E-state index contributed by atoms with van der Waals surface area (Å²) in [7, 11) is 0. The van der Waals surface area contributed by atoms with Gasteiger partial charge in [0.1, 0.15) is 11.9 Å². The minimum atomic E-state index is -0.111. The van der Waals surface area contributed by atoms with Gasteiger partial charge in [0.25, 0.3) is 5.91 Å². The van der Waals surface area contributed by atoms with Gasteiger partial charge in [0, 0.05) is 26.2 Å². The number of hydrogen-bond donors (Lipinski definition) is 1. The van der Waals surface area contributed by atoms with Crippen molar-refractivity contribution in [2.45, 2.75) is 26.1 Å². The van der Waals surface area contributed by atoms with E-state index in [9.17, 15) is 4.79 Å². The first-order valence-electron chi connectivity index (χ1n) is 10.0. The number of para-hydroxylation sites is 1. The molecule has 1 saturated heterocycles. The standard InChI is InChI=1S/C25H26N2O2/c1-19-8-7-11-21(14-19)16-27-17-22(18-27)29-24-13-6-5-12-23(24)25(28)26-15-20-9-3-2-4-10-20/h2-14,22H,15-18H2,1H3,(H,26,28). The summed E-state index contributed by atoms with van der Waals surface area (Å²) in [6, 6.07) is 26.0. The molecule has 0 bridgehead atoms. The summed E-state index contributed by atoms with van der Waals surface area (Å²) >= 11 is 0. The first-order valence-corrected chi connectivity index (χ1v) is 10.0. The summed E-state index contributed by atoms with van der Waals surface area (Å²) in [5, 5.41) is 2.98. The molecule has 0 radical (unpaired) electrons. The van der Waals surface area contributed by atoms with Gasteiger partial charge in [-0.05, 0) is 30.2 Å². The summed E-state index contributed by atoms with van der Waals surface area (Å²) in [4.78, 5) is 15.0. The largest absolute Gasteiger partial charge is 0.487 e. The summed E-state index contributed by atoms with van der Waals surface area (Å²) in [6.45, 7) is 5.29. The molecule has 1 amide bonds. The SMILES string of the molecule is Cc1cccc(CN2CC(Oc3ccccc3C(=O)NCc3ccccc3)C2)c1. The fraction of sp³-hybridized carbons (Fsp3) is 0.240. The number of hydrogen-bond acceptors (Lipinski definition) is 3. The lowest BCUT2D eigenvalue weighted by atomic mass is 10.1. The van der Waals surface area contributed by atoms with E-state index in [1.54, 1.807) is 0 Å². The van der Waals surface area contributed by atoms with Crippen LogP contribution in [0.2, 0.25) is 0 Å². The molecule has 3 aromatic carbocycles. The molecular formula is C25H26N2O2.